The van der Waals surface area contributed by atoms with E-state index in [1.165, 1.54) is 0 Å². The number of rotatable bonds is 6. The number of hydrogen-bond donors (Lipinski definition) is 1. The van der Waals surface area contributed by atoms with Gasteiger partial charge < -0.3 is 9.88 Å². The number of nitrogens with one attached hydrogen (secondary N) is 1. The summed E-state index contributed by atoms with van der Waals surface area (Å²) < 4.78 is 2.06. The number of carbonyl (C=O) groups is 3. The lowest BCUT2D eigenvalue weighted by Gasteiger charge is -2.13. The predicted octanol–water partition coefficient (Wildman–Crippen LogP) is 7.29. The number of nitrogens with zero attached hydrogens (tertiary/aromatic N) is 2. The van der Waals surface area contributed by atoms with Gasteiger partial charge in [0.1, 0.15) is 6.54 Å². The summed E-state index contributed by atoms with van der Waals surface area (Å²) in [4.78, 5) is 39.6. The molecular formula is C29H23Cl2N3O3S. The highest BCUT2D eigenvalue weighted by Gasteiger charge is 2.36. The Bertz CT molecular complexity index is 1640. The lowest BCUT2D eigenvalue weighted by Crippen LogP contribution is -2.36. The van der Waals surface area contributed by atoms with E-state index in [2.05, 4.69) is 9.88 Å². The smallest absolute Gasteiger partial charge is 0.294 e. The van der Waals surface area contributed by atoms with Crippen LogP contribution >= 0.6 is 35.0 Å². The highest BCUT2D eigenvalue weighted by atomic mass is 35.5. The zero-order chi connectivity index (χ0) is 27.0. The molecule has 1 aliphatic rings. The molecule has 1 fully saturated rings. The minimum atomic E-state index is -0.489. The molecule has 0 spiro atoms. The van der Waals surface area contributed by atoms with E-state index in [1.807, 2.05) is 68.6 Å². The fraction of sp³-hybridized carbons (Fsp3) is 0.138. The van der Waals surface area contributed by atoms with E-state index in [0.29, 0.717) is 22.3 Å². The fourth-order valence-electron chi connectivity index (χ4n) is 4.30. The Morgan fingerprint density at radius 3 is 2.53 bits per heavy atom. The molecule has 1 aliphatic heterocycles. The van der Waals surface area contributed by atoms with E-state index in [1.54, 1.807) is 18.2 Å². The highest BCUT2D eigenvalue weighted by molar-refractivity contribution is 8.18. The quantitative estimate of drug-likeness (QED) is 0.250. The Balaban J connectivity index is 1.37. The largest absolute Gasteiger partial charge is 0.342 e. The average molecular weight is 564 g/mol. The van der Waals surface area contributed by atoms with Gasteiger partial charge in [-0.15, -0.1) is 0 Å². The van der Waals surface area contributed by atoms with Crippen LogP contribution in [-0.2, 0) is 16.1 Å². The van der Waals surface area contributed by atoms with Gasteiger partial charge in [-0.05, 0) is 78.7 Å². The number of para-hydroxylation sites is 1. The molecular weight excluding hydrogens is 541 g/mol. The first-order valence-corrected chi connectivity index (χ1v) is 13.4. The number of carbonyl (C=O) groups excluding carboxylic acids is 3. The van der Waals surface area contributed by atoms with Crippen LogP contribution in [0.3, 0.4) is 0 Å². The normalized spacial score (nSPS) is 14.6. The second-order valence-corrected chi connectivity index (χ2v) is 10.9. The van der Waals surface area contributed by atoms with Crippen molar-refractivity contribution in [2.75, 3.05) is 11.9 Å². The summed E-state index contributed by atoms with van der Waals surface area (Å²) in [6, 6.07) is 18.9. The average Bonchev–Trinajstić information content (AvgIpc) is 3.35. The van der Waals surface area contributed by atoms with Gasteiger partial charge in [-0.1, -0.05) is 53.5 Å². The lowest BCUT2D eigenvalue weighted by atomic mass is 10.1. The third-order valence-electron chi connectivity index (χ3n) is 6.41. The summed E-state index contributed by atoms with van der Waals surface area (Å²) in [5.41, 5.74) is 5.51. The van der Waals surface area contributed by atoms with Crippen LogP contribution in [0.25, 0.3) is 17.0 Å². The molecule has 4 aromatic rings. The van der Waals surface area contributed by atoms with Crippen LogP contribution in [-0.4, -0.2) is 33.1 Å². The van der Waals surface area contributed by atoms with Crippen molar-refractivity contribution in [1.82, 2.24) is 9.47 Å². The molecule has 0 unspecified atom stereocenters. The predicted molar refractivity (Wildman–Crippen MR) is 155 cm³/mol. The monoisotopic (exact) mass is 563 g/mol. The molecule has 0 bridgehead atoms. The second kappa shape index (κ2) is 10.7. The zero-order valence-electron chi connectivity index (χ0n) is 20.6. The lowest BCUT2D eigenvalue weighted by molar-refractivity contribution is -0.127. The Kier molecular flexibility index (Phi) is 7.34. The molecule has 192 valence electrons. The van der Waals surface area contributed by atoms with Crippen molar-refractivity contribution in [1.29, 1.82) is 0 Å². The summed E-state index contributed by atoms with van der Waals surface area (Å²) in [6.45, 7) is 4.13. The zero-order valence-corrected chi connectivity index (χ0v) is 23.0. The maximum absolute atomic E-state index is 13.1. The molecule has 3 amide bonds. The number of amides is 3. The van der Waals surface area contributed by atoms with E-state index in [0.717, 1.165) is 49.8 Å². The number of aromatic nitrogens is 1. The van der Waals surface area contributed by atoms with Gasteiger partial charge in [-0.3, -0.25) is 19.3 Å². The second-order valence-electron chi connectivity index (χ2n) is 9.09. The maximum Gasteiger partial charge on any atom is 0.294 e. The van der Waals surface area contributed by atoms with Crippen molar-refractivity contribution >= 4 is 74.7 Å². The number of anilines is 1. The topological polar surface area (TPSA) is 71.4 Å². The third-order valence-corrected chi connectivity index (χ3v) is 8.06. The van der Waals surface area contributed by atoms with Crippen LogP contribution in [0.1, 0.15) is 22.3 Å². The van der Waals surface area contributed by atoms with Gasteiger partial charge in [0.05, 0.1) is 15.0 Å². The summed E-state index contributed by atoms with van der Waals surface area (Å²) in [5, 5.41) is 4.20. The third kappa shape index (κ3) is 5.36. The van der Waals surface area contributed by atoms with E-state index >= 15 is 0 Å². The van der Waals surface area contributed by atoms with Crippen molar-refractivity contribution in [2.24, 2.45) is 0 Å². The fourth-order valence-corrected chi connectivity index (χ4v) is 5.45. The van der Waals surface area contributed by atoms with Crippen LogP contribution in [0.5, 0.6) is 0 Å². The molecule has 38 heavy (non-hydrogen) atoms. The van der Waals surface area contributed by atoms with E-state index in [4.69, 9.17) is 23.2 Å². The molecule has 0 radical (unpaired) electrons. The molecule has 9 heteroatoms. The summed E-state index contributed by atoms with van der Waals surface area (Å²) in [6.07, 6.45) is 3.65. The molecule has 0 aliphatic carbocycles. The van der Waals surface area contributed by atoms with Crippen LogP contribution < -0.4 is 5.32 Å². The Labute approximate surface area is 234 Å². The van der Waals surface area contributed by atoms with Gasteiger partial charge in [-0.25, -0.2) is 0 Å². The molecule has 1 saturated heterocycles. The van der Waals surface area contributed by atoms with Crippen LogP contribution in [0.15, 0.2) is 71.8 Å². The number of halogens is 2. The molecule has 3 aromatic carbocycles. The number of thioether (sulfide) groups is 1. The van der Waals surface area contributed by atoms with E-state index in [-0.39, 0.29) is 11.4 Å². The molecule has 1 N–H and O–H groups in total. The van der Waals surface area contributed by atoms with Crippen LogP contribution in [0, 0.1) is 13.8 Å². The van der Waals surface area contributed by atoms with Gasteiger partial charge in [0, 0.05) is 34.9 Å². The highest BCUT2D eigenvalue weighted by Crippen LogP contribution is 2.34. The number of fused-ring (bicyclic) bond motifs is 1. The van der Waals surface area contributed by atoms with Gasteiger partial charge in [-0.2, -0.15) is 0 Å². The van der Waals surface area contributed by atoms with Gasteiger partial charge in [0.25, 0.3) is 11.1 Å². The Morgan fingerprint density at radius 1 is 0.974 bits per heavy atom. The van der Waals surface area contributed by atoms with Gasteiger partial charge >= 0.3 is 0 Å². The van der Waals surface area contributed by atoms with Crippen LogP contribution in [0.4, 0.5) is 10.5 Å². The number of benzene rings is 3. The summed E-state index contributed by atoms with van der Waals surface area (Å²) in [7, 11) is 0. The number of imide groups is 1. The minimum Gasteiger partial charge on any atom is -0.342 e. The number of aryl methyl sites for hydroxylation is 2. The van der Waals surface area contributed by atoms with E-state index < -0.39 is 17.1 Å². The van der Waals surface area contributed by atoms with Crippen molar-refractivity contribution in [3.05, 3.63) is 104 Å². The summed E-state index contributed by atoms with van der Waals surface area (Å²) >= 11 is 13.1. The van der Waals surface area contributed by atoms with Crippen molar-refractivity contribution in [3.63, 3.8) is 0 Å². The van der Waals surface area contributed by atoms with Gasteiger partial charge in [0.15, 0.2) is 0 Å². The first-order chi connectivity index (χ1) is 18.2. The van der Waals surface area contributed by atoms with Gasteiger partial charge in [0.2, 0.25) is 5.91 Å². The first-order valence-electron chi connectivity index (χ1n) is 11.8. The minimum absolute atomic E-state index is 0.270. The molecule has 6 nitrogen and oxygen atoms in total. The molecule has 5 rings (SSSR count). The van der Waals surface area contributed by atoms with Crippen molar-refractivity contribution < 1.29 is 14.4 Å². The summed E-state index contributed by atoms with van der Waals surface area (Å²) in [5.74, 6) is -0.924. The van der Waals surface area contributed by atoms with E-state index in [9.17, 15) is 14.4 Å². The van der Waals surface area contributed by atoms with Crippen LogP contribution in [0.2, 0.25) is 10.0 Å². The maximum atomic E-state index is 13.1. The van der Waals surface area contributed by atoms with Crippen molar-refractivity contribution in [2.45, 2.75) is 20.4 Å². The molecule has 1 aromatic heterocycles. The Hall–Kier alpha value is -3.52. The SMILES string of the molecule is Cc1ccc(NC(=O)CN2C(=O)S/C(=C/c3cn(Cc4ccc(Cl)c(Cl)c4)c4ccccc34)C2=O)cc1C. The first kappa shape index (κ1) is 26.1. The van der Waals surface area contributed by atoms with Crippen molar-refractivity contribution in [3.8, 4) is 0 Å². The number of hydrogen-bond acceptors (Lipinski definition) is 4. The molecule has 2 heterocycles. The Morgan fingerprint density at radius 2 is 1.76 bits per heavy atom. The molecule has 0 atom stereocenters. The molecule has 0 saturated carbocycles. The standard InChI is InChI=1S/C29H23Cl2N3O3S/c1-17-7-9-21(11-18(17)2)32-27(35)16-34-28(36)26(38-29(34)37)13-20-15-33(25-6-4-3-5-22(20)25)14-19-8-10-23(30)24(31)12-19/h3-13,15H,14,16H2,1-2H3,(H,32,35)/b26-13+.